The van der Waals surface area contributed by atoms with Crippen LogP contribution in [0.25, 0.3) is 0 Å². The Kier molecular flexibility index (Phi) is 7.01. The maximum absolute atomic E-state index is 13.7. The largest absolute Gasteiger partial charge is 0.376 e. The number of carbonyl (C=O) groups excluding carboxylic acids is 2. The van der Waals surface area contributed by atoms with Gasteiger partial charge in [-0.25, -0.2) is 5.01 Å². The van der Waals surface area contributed by atoms with Gasteiger partial charge in [0.1, 0.15) is 0 Å². The number of anilines is 2. The molecule has 0 saturated heterocycles. The molecule has 4 aromatic carbocycles. The Morgan fingerprint density at radius 1 is 0.676 bits per heavy atom. The van der Waals surface area contributed by atoms with Crippen molar-refractivity contribution < 1.29 is 14.7 Å². The molecule has 0 unspecified atom stereocenters. The summed E-state index contributed by atoms with van der Waals surface area (Å²) >= 11 is 0. The van der Waals surface area contributed by atoms with Crippen LogP contribution in [0.3, 0.4) is 0 Å². The Bertz CT molecular complexity index is 1180. The zero-order valence-corrected chi connectivity index (χ0v) is 18.5. The van der Waals surface area contributed by atoms with Crippen molar-refractivity contribution in [2.45, 2.75) is 5.60 Å². The van der Waals surface area contributed by atoms with Crippen LogP contribution >= 0.6 is 0 Å². The molecule has 0 aliphatic carbocycles. The summed E-state index contributed by atoms with van der Waals surface area (Å²) in [6.45, 7) is -0.0612. The second-order valence-electron chi connectivity index (χ2n) is 7.67. The Hall–Kier alpha value is -4.42. The molecule has 170 valence electrons. The van der Waals surface area contributed by atoms with E-state index in [1.165, 1.54) is 0 Å². The van der Waals surface area contributed by atoms with Crippen molar-refractivity contribution in [3.8, 4) is 0 Å². The number of nitrogens with zero attached hydrogens (tertiary/aromatic N) is 1. The molecular formula is C28H25N3O3. The molecule has 3 N–H and O–H groups in total. The minimum Gasteiger partial charge on any atom is -0.376 e. The molecule has 0 fully saturated rings. The summed E-state index contributed by atoms with van der Waals surface area (Å²) in [6, 6.07) is 35.4. The smallest absolute Gasteiger partial charge is 0.280 e. The summed E-state index contributed by atoms with van der Waals surface area (Å²) in [6.07, 6.45) is 0. The van der Waals surface area contributed by atoms with Crippen LogP contribution in [0.5, 0.6) is 0 Å². The first-order valence-corrected chi connectivity index (χ1v) is 10.9. The van der Waals surface area contributed by atoms with E-state index in [4.69, 9.17) is 0 Å². The van der Waals surface area contributed by atoms with Crippen molar-refractivity contribution in [1.82, 2.24) is 5.43 Å². The lowest BCUT2D eigenvalue weighted by Gasteiger charge is -2.32. The summed E-state index contributed by atoms with van der Waals surface area (Å²) in [4.78, 5) is 26.9. The minimum absolute atomic E-state index is 0.0612. The molecule has 34 heavy (non-hydrogen) atoms. The molecule has 6 nitrogen and oxygen atoms in total. The molecule has 2 amide bonds. The topological polar surface area (TPSA) is 81.7 Å². The first-order valence-electron chi connectivity index (χ1n) is 10.9. The number of benzene rings is 4. The van der Waals surface area contributed by atoms with Gasteiger partial charge in [0.2, 0.25) is 0 Å². The molecule has 0 aromatic heterocycles. The highest BCUT2D eigenvalue weighted by molar-refractivity contribution is 6.01. The van der Waals surface area contributed by atoms with Crippen LogP contribution in [0.15, 0.2) is 121 Å². The molecule has 4 rings (SSSR count). The summed E-state index contributed by atoms with van der Waals surface area (Å²) in [5.74, 6) is -1.14. The van der Waals surface area contributed by atoms with E-state index in [0.29, 0.717) is 16.8 Å². The van der Waals surface area contributed by atoms with E-state index < -0.39 is 17.4 Å². The van der Waals surface area contributed by atoms with Crippen molar-refractivity contribution in [1.29, 1.82) is 0 Å². The van der Waals surface area contributed by atoms with Gasteiger partial charge in [-0.15, -0.1) is 0 Å². The minimum atomic E-state index is -2.01. The number of rotatable bonds is 7. The molecule has 0 atom stereocenters. The van der Waals surface area contributed by atoms with E-state index in [1.807, 2.05) is 48.5 Å². The first-order chi connectivity index (χ1) is 16.6. The summed E-state index contributed by atoms with van der Waals surface area (Å²) in [5, 5.41) is 16.0. The third-order valence-corrected chi connectivity index (χ3v) is 5.41. The average Bonchev–Trinajstić information content (AvgIpc) is 2.91. The molecule has 0 aliphatic rings. The third kappa shape index (κ3) is 4.98. The van der Waals surface area contributed by atoms with E-state index in [2.05, 4.69) is 10.7 Å². The van der Waals surface area contributed by atoms with Gasteiger partial charge >= 0.3 is 0 Å². The van der Waals surface area contributed by atoms with E-state index in [1.54, 1.807) is 72.8 Å². The highest BCUT2D eigenvalue weighted by atomic mass is 16.3. The predicted octanol–water partition coefficient (Wildman–Crippen LogP) is 4.10. The molecule has 6 heteroatoms. The van der Waals surface area contributed by atoms with Gasteiger partial charge in [0.05, 0.1) is 12.2 Å². The van der Waals surface area contributed by atoms with Crippen LogP contribution < -0.4 is 15.8 Å². The first kappa shape index (κ1) is 22.8. The van der Waals surface area contributed by atoms with Gasteiger partial charge in [-0.1, -0.05) is 97.1 Å². The number of hydrazine groups is 1. The summed E-state index contributed by atoms with van der Waals surface area (Å²) in [7, 11) is 0. The summed E-state index contributed by atoms with van der Waals surface area (Å²) in [5.41, 5.74) is 2.68. The number of hydrogen-bond acceptors (Lipinski definition) is 4. The molecular weight excluding hydrogens is 426 g/mol. The highest BCUT2D eigenvalue weighted by Crippen LogP contribution is 2.30. The van der Waals surface area contributed by atoms with E-state index in [9.17, 15) is 14.7 Å². The molecule has 0 spiro atoms. The molecule has 4 aromatic rings. The van der Waals surface area contributed by atoms with E-state index in [-0.39, 0.29) is 6.54 Å². The number of carbonyl (C=O) groups is 2. The zero-order valence-electron chi connectivity index (χ0n) is 18.5. The van der Waals surface area contributed by atoms with Gasteiger partial charge in [-0.3, -0.25) is 15.0 Å². The van der Waals surface area contributed by atoms with Gasteiger partial charge in [-0.05, 0) is 35.4 Å². The van der Waals surface area contributed by atoms with Crippen LogP contribution in [0, 0.1) is 0 Å². The van der Waals surface area contributed by atoms with Crippen LogP contribution in [-0.2, 0) is 15.2 Å². The predicted molar refractivity (Wildman–Crippen MR) is 133 cm³/mol. The molecule has 0 bridgehead atoms. The van der Waals surface area contributed by atoms with Gasteiger partial charge in [0, 0.05) is 5.69 Å². The average molecular weight is 452 g/mol. The van der Waals surface area contributed by atoms with Gasteiger partial charge in [0.15, 0.2) is 5.60 Å². The molecule has 0 radical (unpaired) electrons. The number of amides is 2. The van der Waals surface area contributed by atoms with E-state index in [0.717, 1.165) is 10.7 Å². The lowest BCUT2D eigenvalue weighted by Crippen LogP contribution is -2.55. The Morgan fingerprint density at radius 3 is 1.62 bits per heavy atom. The fourth-order valence-electron chi connectivity index (χ4n) is 3.63. The van der Waals surface area contributed by atoms with Gasteiger partial charge in [0.25, 0.3) is 11.8 Å². The fourth-order valence-corrected chi connectivity index (χ4v) is 3.63. The lowest BCUT2D eigenvalue weighted by molar-refractivity contribution is -0.138. The number of para-hydroxylation sites is 2. The molecule has 0 aliphatic heterocycles. The van der Waals surface area contributed by atoms with Crippen LogP contribution in [0.2, 0.25) is 0 Å². The van der Waals surface area contributed by atoms with Crippen LogP contribution in [0.1, 0.15) is 11.1 Å². The van der Waals surface area contributed by atoms with Crippen molar-refractivity contribution in [2.24, 2.45) is 0 Å². The summed E-state index contributed by atoms with van der Waals surface area (Å²) < 4.78 is 0. The standard InChI is InChI=1S/C28H25N3O3/c32-26(21-29-24-17-9-3-10-18-24)31(25-19-11-4-12-20-25)30-27(33)28(34,22-13-5-1-6-14-22)23-15-7-2-8-16-23/h1-20,29,34H,21H2,(H,30,33). The fraction of sp³-hybridized carbons (Fsp3) is 0.0714. The Labute approximate surface area is 198 Å². The van der Waals surface area contributed by atoms with Gasteiger partial charge < -0.3 is 10.4 Å². The van der Waals surface area contributed by atoms with Gasteiger partial charge in [-0.2, -0.15) is 0 Å². The monoisotopic (exact) mass is 451 g/mol. The van der Waals surface area contributed by atoms with Crippen LogP contribution in [-0.4, -0.2) is 23.5 Å². The van der Waals surface area contributed by atoms with E-state index >= 15 is 0 Å². The molecule has 0 heterocycles. The SMILES string of the molecule is O=C(CNc1ccccc1)N(NC(=O)C(O)(c1ccccc1)c1ccccc1)c1ccccc1. The number of hydrogen-bond donors (Lipinski definition) is 3. The highest BCUT2D eigenvalue weighted by Gasteiger charge is 2.41. The Balaban J connectivity index is 1.65. The van der Waals surface area contributed by atoms with Crippen molar-refractivity contribution >= 4 is 23.2 Å². The van der Waals surface area contributed by atoms with Crippen molar-refractivity contribution in [3.63, 3.8) is 0 Å². The maximum atomic E-state index is 13.7. The maximum Gasteiger partial charge on any atom is 0.280 e. The normalized spacial score (nSPS) is 10.9. The van der Waals surface area contributed by atoms with Crippen LogP contribution in [0.4, 0.5) is 11.4 Å². The second-order valence-corrected chi connectivity index (χ2v) is 7.67. The Morgan fingerprint density at radius 2 is 1.12 bits per heavy atom. The van der Waals surface area contributed by atoms with Crippen molar-refractivity contribution in [3.05, 3.63) is 132 Å². The number of nitrogens with one attached hydrogen (secondary N) is 2. The lowest BCUT2D eigenvalue weighted by atomic mass is 9.85. The quantitative estimate of drug-likeness (QED) is 0.370. The third-order valence-electron chi connectivity index (χ3n) is 5.41. The molecule has 0 saturated carbocycles. The zero-order chi connectivity index (χ0) is 23.8. The number of aliphatic hydroxyl groups is 1. The second kappa shape index (κ2) is 10.5. The van der Waals surface area contributed by atoms with Crippen molar-refractivity contribution in [2.75, 3.05) is 16.9 Å².